The number of hydrogen-bond donors (Lipinski definition) is 2. The first kappa shape index (κ1) is 14.0. The fourth-order valence-corrected chi connectivity index (χ4v) is 2.37. The molecule has 0 amide bonds. The van der Waals surface area contributed by atoms with Crippen LogP contribution >= 0.6 is 12.2 Å². The number of thiocarbonyl (C=S) groups is 1. The zero-order chi connectivity index (χ0) is 13.1. The molecule has 0 radical (unpaired) electrons. The van der Waals surface area contributed by atoms with Gasteiger partial charge in [0.15, 0.2) is 0 Å². The molecular formula is C10H13FN2O2S2. The van der Waals surface area contributed by atoms with Gasteiger partial charge in [0.25, 0.3) is 0 Å². The SMILES string of the molecule is CC(CNS(=O)(=O)c1ccccc1F)C(N)=S. The summed E-state index contributed by atoms with van der Waals surface area (Å²) in [4.78, 5) is -0.170. The van der Waals surface area contributed by atoms with Crippen molar-refractivity contribution in [1.29, 1.82) is 0 Å². The standard InChI is InChI=1S/C10H13FN2O2S2/c1-7(10(12)16)6-13-17(14,15)9-5-3-2-4-8(9)11/h2-5,7,13H,6H2,1H3,(H2,12,16). The van der Waals surface area contributed by atoms with Crippen LogP contribution in [0.15, 0.2) is 29.2 Å². The number of rotatable bonds is 5. The van der Waals surface area contributed by atoms with Crippen molar-refractivity contribution in [2.45, 2.75) is 11.8 Å². The van der Waals surface area contributed by atoms with E-state index in [1.165, 1.54) is 18.2 Å². The van der Waals surface area contributed by atoms with Gasteiger partial charge in [-0.25, -0.2) is 17.5 Å². The minimum absolute atomic E-state index is 0.0476. The van der Waals surface area contributed by atoms with Gasteiger partial charge in [-0.2, -0.15) is 0 Å². The van der Waals surface area contributed by atoms with Crippen LogP contribution in [0.3, 0.4) is 0 Å². The second-order valence-corrected chi connectivity index (χ2v) is 5.79. The molecule has 17 heavy (non-hydrogen) atoms. The fraction of sp³-hybridized carbons (Fsp3) is 0.300. The lowest BCUT2D eigenvalue weighted by Gasteiger charge is -2.11. The summed E-state index contributed by atoms with van der Waals surface area (Å²) in [5, 5.41) is 0. The molecule has 0 aliphatic carbocycles. The molecule has 94 valence electrons. The molecular weight excluding hydrogens is 263 g/mol. The van der Waals surface area contributed by atoms with E-state index in [0.29, 0.717) is 0 Å². The highest BCUT2D eigenvalue weighted by atomic mass is 32.2. The molecule has 0 saturated heterocycles. The predicted molar refractivity (Wildman–Crippen MR) is 67.5 cm³/mol. The van der Waals surface area contributed by atoms with Gasteiger partial charge in [-0.3, -0.25) is 0 Å². The summed E-state index contributed by atoms with van der Waals surface area (Å²) < 4.78 is 39.1. The van der Waals surface area contributed by atoms with E-state index in [1.807, 2.05) is 0 Å². The average molecular weight is 276 g/mol. The zero-order valence-corrected chi connectivity index (χ0v) is 10.8. The number of benzene rings is 1. The Kier molecular flexibility index (Phi) is 4.55. The van der Waals surface area contributed by atoms with Crippen molar-refractivity contribution < 1.29 is 12.8 Å². The summed E-state index contributed by atoms with van der Waals surface area (Å²) in [6.45, 7) is 1.73. The predicted octanol–water partition coefficient (Wildman–Crippen LogP) is 1.03. The van der Waals surface area contributed by atoms with E-state index in [4.69, 9.17) is 18.0 Å². The van der Waals surface area contributed by atoms with E-state index in [9.17, 15) is 12.8 Å². The quantitative estimate of drug-likeness (QED) is 0.788. The third-order valence-corrected chi connectivity index (χ3v) is 4.05. The fourth-order valence-electron chi connectivity index (χ4n) is 1.08. The largest absolute Gasteiger partial charge is 0.393 e. The van der Waals surface area contributed by atoms with Crippen LogP contribution < -0.4 is 10.5 Å². The van der Waals surface area contributed by atoms with Gasteiger partial charge in [0.2, 0.25) is 10.0 Å². The van der Waals surface area contributed by atoms with Gasteiger partial charge < -0.3 is 5.73 Å². The number of hydrogen-bond acceptors (Lipinski definition) is 3. The molecule has 4 nitrogen and oxygen atoms in total. The Bertz CT molecular complexity index is 517. The number of sulfonamides is 1. The van der Waals surface area contributed by atoms with Crippen LogP contribution in [0.4, 0.5) is 4.39 Å². The molecule has 3 N–H and O–H groups in total. The second kappa shape index (κ2) is 5.52. The van der Waals surface area contributed by atoms with E-state index in [2.05, 4.69) is 4.72 Å². The third-order valence-electron chi connectivity index (χ3n) is 2.19. The molecule has 0 heterocycles. The third kappa shape index (κ3) is 3.72. The maximum absolute atomic E-state index is 13.3. The van der Waals surface area contributed by atoms with E-state index >= 15 is 0 Å². The molecule has 1 unspecified atom stereocenters. The first-order valence-electron chi connectivity index (χ1n) is 4.88. The molecule has 7 heteroatoms. The number of nitrogens with two attached hydrogens (primary N) is 1. The Morgan fingerprint density at radius 3 is 2.65 bits per heavy atom. The summed E-state index contributed by atoms with van der Waals surface area (Å²) in [5.41, 5.74) is 5.36. The highest BCUT2D eigenvalue weighted by molar-refractivity contribution is 7.89. The Morgan fingerprint density at radius 1 is 1.53 bits per heavy atom. The molecule has 0 saturated carbocycles. The highest BCUT2D eigenvalue weighted by Gasteiger charge is 2.19. The Labute approximate surface area is 105 Å². The van der Waals surface area contributed by atoms with Crippen molar-refractivity contribution in [3.63, 3.8) is 0 Å². The molecule has 0 bridgehead atoms. The molecule has 1 rings (SSSR count). The molecule has 1 aromatic carbocycles. The van der Waals surface area contributed by atoms with Crippen LogP contribution in [0, 0.1) is 11.7 Å². The maximum atomic E-state index is 13.3. The molecule has 0 fully saturated rings. The van der Waals surface area contributed by atoms with Gasteiger partial charge in [-0.1, -0.05) is 31.3 Å². The van der Waals surface area contributed by atoms with Crippen LogP contribution in [-0.2, 0) is 10.0 Å². The molecule has 0 spiro atoms. The van der Waals surface area contributed by atoms with Gasteiger partial charge in [-0.05, 0) is 12.1 Å². The van der Waals surface area contributed by atoms with Crippen LogP contribution in [0.25, 0.3) is 0 Å². The normalized spacial score (nSPS) is 13.3. The van der Waals surface area contributed by atoms with Crippen LogP contribution in [0.5, 0.6) is 0 Å². The summed E-state index contributed by atoms with van der Waals surface area (Å²) >= 11 is 4.72. The van der Waals surface area contributed by atoms with Crippen molar-refractivity contribution in [2.75, 3.05) is 6.54 Å². The van der Waals surface area contributed by atoms with Crippen LogP contribution in [-0.4, -0.2) is 20.0 Å². The smallest absolute Gasteiger partial charge is 0.243 e. The minimum atomic E-state index is -3.86. The summed E-state index contributed by atoms with van der Waals surface area (Å²) in [6.07, 6.45) is 0. The summed E-state index contributed by atoms with van der Waals surface area (Å²) in [7, 11) is -3.86. The van der Waals surface area contributed by atoms with Crippen LogP contribution in [0.2, 0.25) is 0 Å². The first-order valence-corrected chi connectivity index (χ1v) is 6.77. The Morgan fingerprint density at radius 2 is 2.12 bits per heavy atom. The van der Waals surface area contributed by atoms with E-state index in [1.54, 1.807) is 6.92 Å². The molecule has 0 aromatic heterocycles. The number of nitrogens with one attached hydrogen (secondary N) is 1. The maximum Gasteiger partial charge on any atom is 0.243 e. The van der Waals surface area contributed by atoms with Crippen molar-refractivity contribution in [3.05, 3.63) is 30.1 Å². The zero-order valence-electron chi connectivity index (χ0n) is 9.18. The second-order valence-electron chi connectivity index (χ2n) is 3.59. The first-order chi connectivity index (χ1) is 7.84. The van der Waals surface area contributed by atoms with Gasteiger partial charge in [0.1, 0.15) is 10.7 Å². The summed E-state index contributed by atoms with van der Waals surface area (Å²) in [5.74, 6) is -1.07. The monoisotopic (exact) mass is 276 g/mol. The highest BCUT2D eigenvalue weighted by Crippen LogP contribution is 2.13. The lowest BCUT2D eigenvalue weighted by atomic mass is 10.2. The van der Waals surface area contributed by atoms with Gasteiger partial charge in [0, 0.05) is 12.5 Å². The van der Waals surface area contributed by atoms with Gasteiger partial charge in [-0.15, -0.1) is 0 Å². The van der Waals surface area contributed by atoms with Crippen molar-refractivity contribution in [3.8, 4) is 0 Å². The molecule has 1 atom stereocenters. The Hall–Kier alpha value is -1.05. The van der Waals surface area contributed by atoms with E-state index < -0.39 is 15.8 Å². The van der Waals surface area contributed by atoms with E-state index in [0.717, 1.165) is 6.07 Å². The molecule has 0 aliphatic rings. The lowest BCUT2D eigenvalue weighted by Crippen LogP contribution is -2.34. The topological polar surface area (TPSA) is 72.2 Å². The molecule has 0 aliphatic heterocycles. The van der Waals surface area contributed by atoms with Crippen molar-refractivity contribution >= 4 is 27.2 Å². The van der Waals surface area contributed by atoms with Gasteiger partial charge >= 0.3 is 0 Å². The van der Waals surface area contributed by atoms with Crippen molar-refractivity contribution in [1.82, 2.24) is 4.72 Å². The number of halogens is 1. The van der Waals surface area contributed by atoms with Gasteiger partial charge in [0.05, 0.1) is 4.99 Å². The average Bonchev–Trinajstić information content (AvgIpc) is 2.26. The lowest BCUT2D eigenvalue weighted by molar-refractivity contribution is 0.553. The van der Waals surface area contributed by atoms with Crippen molar-refractivity contribution in [2.24, 2.45) is 11.7 Å². The van der Waals surface area contributed by atoms with E-state index in [-0.39, 0.29) is 22.3 Å². The summed E-state index contributed by atoms with van der Waals surface area (Å²) in [6, 6.07) is 5.16. The minimum Gasteiger partial charge on any atom is -0.393 e. The Balaban J connectivity index is 2.84. The molecule has 1 aromatic rings. The van der Waals surface area contributed by atoms with Crippen LogP contribution in [0.1, 0.15) is 6.92 Å².